The Balaban J connectivity index is 1.32. The van der Waals surface area contributed by atoms with E-state index in [-0.39, 0.29) is 11.5 Å². The average molecular weight is 390 g/mol. The van der Waals surface area contributed by atoms with Crippen LogP contribution in [0.3, 0.4) is 0 Å². The van der Waals surface area contributed by atoms with E-state index in [2.05, 4.69) is 21.8 Å². The molecule has 1 saturated heterocycles. The molecule has 150 valence electrons. The molecule has 29 heavy (non-hydrogen) atoms. The van der Waals surface area contributed by atoms with Gasteiger partial charge in [-0.2, -0.15) is 0 Å². The van der Waals surface area contributed by atoms with Gasteiger partial charge in [0.15, 0.2) is 0 Å². The lowest BCUT2D eigenvalue weighted by molar-refractivity contribution is 0.0638. The molecule has 1 amide bonds. The van der Waals surface area contributed by atoms with Crippen molar-refractivity contribution in [2.24, 2.45) is 0 Å². The van der Waals surface area contributed by atoms with Crippen LogP contribution < -0.4 is 5.56 Å². The van der Waals surface area contributed by atoms with Gasteiger partial charge in [-0.15, -0.1) is 0 Å². The van der Waals surface area contributed by atoms with Gasteiger partial charge in [0, 0.05) is 44.7 Å². The molecule has 6 nitrogen and oxygen atoms in total. The Labute approximate surface area is 170 Å². The topological polar surface area (TPSA) is 69.3 Å². The molecule has 0 unspecified atom stereocenters. The van der Waals surface area contributed by atoms with Gasteiger partial charge >= 0.3 is 0 Å². The Morgan fingerprint density at radius 3 is 2.48 bits per heavy atom. The van der Waals surface area contributed by atoms with Crippen molar-refractivity contribution in [2.75, 3.05) is 32.7 Å². The van der Waals surface area contributed by atoms with E-state index in [9.17, 15) is 9.59 Å². The van der Waals surface area contributed by atoms with E-state index in [0.717, 1.165) is 50.2 Å². The van der Waals surface area contributed by atoms with Crippen LogP contribution in [0.4, 0.5) is 0 Å². The minimum absolute atomic E-state index is 0.0879. The highest BCUT2D eigenvalue weighted by atomic mass is 16.2. The van der Waals surface area contributed by atoms with Crippen LogP contribution in [0.1, 0.15) is 28.7 Å². The molecular weight excluding hydrogens is 364 g/mol. The summed E-state index contributed by atoms with van der Waals surface area (Å²) < 4.78 is 0. The number of amides is 1. The number of carbonyl (C=O) groups excluding carboxylic acids is 1. The normalized spacial score (nSPS) is 15.0. The fourth-order valence-electron chi connectivity index (χ4n) is 3.76. The van der Waals surface area contributed by atoms with Gasteiger partial charge < -0.3 is 9.88 Å². The van der Waals surface area contributed by atoms with E-state index in [1.807, 2.05) is 47.4 Å². The summed E-state index contributed by atoms with van der Waals surface area (Å²) >= 11 is 0. The first kappa shape index (κ1) is 19.3. The molecule has 1 N–H and O–H groups in total. The Morgan fingerprint density at radius 1 is 1.03 bits per heavy atom. The second-order valence-corrected chi connectivity index (χ2v) is 7.46. The van der Waals surface area contributed by atoms with E-state index < -0.39 is 0 Å². The van der Waals surface area contributed by atoms with Crippen molar-refractivity contribution >= 4 is 16.8 Å². The zero-order chi connectivity index (χ0) is 20.2. The van der Waals surface area contributed by atoms with Gasteiger partial charge in [-0.05, 0) is 36.2 Å². The maximum Gasteiger partial charge on any atom is 0.258 e. The van der Waals surface area contributed by atoms with Crippen molar-refractivity contribution < 1.29 is 4.79 Å². The molecule has 0 aliphatic carbocycles. The van der Waals surface area contributed by atoms with Crippen LogP contribution in [0.15, 0.2) is 53.3 Å². The molecular formula is C23H26N4O2. The first-order chi connectivity index (χ1) is 14.1. The number of nitrogens with one attached hydrogen (secondary N) is 1. The third kappa shape index (κ3) is 4.38. The maximum absolute atomic E-state index is 12.7. The molecule has 2 heterocycles. The van der Waals surface area contributed by atoms with E-state index >= 15 is 0 Å². The molecule has 0 radical (unpaired) electrons. The van der Waals surface area contributed by atoms with Crippen molar-refractivity contribution in [2.45, 2.75) is 19.8 Å². The fourth-order valence-corrected chi connectivity index (χ4v) is 3.76. The molecule has 1 aliphatic heterocycles. The number of rotatable bonds is 5. The van der Waals surface area contributed by atoms with E-state index in [1.54, 1.807) is 6.07 Å². The fraction of sp³-hybridized carbons (Fsp3) is 0.348. The number of aromatic amines is 1. The average Bonchev–Trinajstić information content (AvgIpc) is 2.78. The molecule has 6 heteroatoms. The summed E-state index contributed by atoms with van der Waals surface area (Å²) in [6, 6.07) is 15.3. The van der Waals surface area contributed by atoms with Gasteiger partial charge in [-0.3, -0.25) is 14.5 Å². The third-order valence-electron chi connectivity index (χ3n) is 5.60. The SMILES string of the molecule is CCc1ccc(C(=O)N2CCN(CCc3nc4ccccc4c(=O)[nH]3)CC2)cc1. The Kier molecular flexibility index (Phi) is 5.71. The first-order valence-corrected chi connectivity index (χ1v) is 10.2. The van der Waals surface area contributed by atoms with Gasteiger partial charge in [0.2, 0.25) is 0 Å². The van der Waals surface area contributed by atoms with Crippen LogP contribution in [-0.4, -0.2) is 58.4 Å². The quantitative estimate of drug-likeness (QED) is 0.727. The standard InChI is InChI=1S/C23H26N4O2/c1-2-17-7-9-18(10-8-17)23(29)27-15-13-26(14-16-27)12-11-21-24-20-6-4-3-5-19(20)22(28)25-21/h3-10H,2,11-16H2,1H3,(H,24,25,28). The highest BCUT2D eigenvalue weighted by Crippen LogP contribution is 2.12. The van der Waals surface area contributed by atoms with Crippen molar-refractivity contribution in [3.8, 4) is 0 Å². The lowest BCUT2D eigenvalue weighted by Crippen LogP contribution is -2.49. The Morgan fingerprint density at radius 2 is 1.76 bits per heavy atom. The largest absolute Gasteiger partial charge is 0.336 e. The lowest BCUT2D eigenvalue weighted by atomic mass is 10.1. The van der Waals surface area contributed by atoms with Crippen molar-refractivity contribution in [1.29, 1.82) is 0 Å². The molecule has 4 rings (SSSR count). The number of piperazine rings is 1. The number of H-pyrrole nitrogens is 1. The zero-order valence-corrected chi connectivity index (χ0v) is 16.7. The number of carbonyl (C=O) groups is 1. The summed E-state index contributed by atoms with van der Waals surface area (Å²) in [6.45, 7) is 6.02. The van der Waals surface area contributed by atoms with Crippen LogP contribution in [0.25, 0.3) is 10.9 Å². The van der Waals surface area contributed by atoms with Gasteiger partial charge in [0.1, 0.15) is 5.82 Å². The molecule has 2 aromatic carbocycles. The lowest BCUT2D eigenvalue weighted by Gasteiger charge is -2.34. The molecule has 0 spiro atoms. The van der Waals surface area contributed by atoms with Crippen LogP contribution in [0.5, 0.6) is 0 Å². The van der Waals surface area contributed by atoms with Gasteiger partial charge in [0.05, 0.1) is 10.9 Å². The van der Waals surface area contributed by atoms with E-state index in [0.29, 0.717) is 17.6 Å². The molecule has 0 atom stereocenters. The second-order valence-electron chi connectivity index (χ2n) is 7.46. The van der Waals surface area contributed by atoms with E-state index in [1.165, 1.54) is 5.56 Å². The Hall–Kier alpha value is -2.99. The maximum atomic E-state index is 12.7. The minimum atomic E-state index is -0.0879. The highest BCUT2D eigenvalue weighted by Gasteiger charge is 2.22. The number of hydrogen-bond acceptors (Lipinski definition) is 4. The monoisotopic (exact) mass is 390 g/mol. The van der Waals surface area contributed by atoms with Crippen LogP contribution in [0.2, 0.25) is 0 Å². The first-order valence-electron chi connectivity index (χ1n) is 10.2. The predicted molar refractivity (Wildman–Crippen MR) is 114 cm³/mol. The van der Waals surface area contributed by atoms with Crippen molar-refractivity contribution in [3.63, 3.8) is 0 Å². The van der Waals surface area contributed by atoms with Crippen LogP contribution in [-0.2, 0) is 12.8 Å². The van der Waals surface area contributed by atoms with Crippen molar-refractivity contribution in [3.05, 3.63) is 75.8 Å². The van der Waals surface area contributed by atoms with E-state index in [4.69, 9.17) is 0 Å². The van der Waals surface area contributed by atoms with Crippen LogP contribution >= 0.6 is 0 Å². The number of aromatic nitrogens is 2. The summed E-state index contributed by atoms with van der Waals surface area (Å²) in [5, 5.41) is 0.621. The molecule has 1 fully saturated rings. The zero-order valence-electron chi connectivity index (χ0n) is 16.7. The van der Waals surface area contributed by atoms with Crippen molar-refractivity contribution in [1.82, 2.24) is 19.8 Å². The van der Waals surface area contributed by atoms with Gasteiger partial charge in [0.25, 0.3) is 11.5 Å². The van der Waals surface area contributed by atoms with Gasteiger partial charge in [-0.1, -0.05) is 31.2 Å². The summed E-state index contributed by atoms with van der Waals surface area (Å²) in [5.41, 5.74) is 2.64. The van der Waals surface area contributed by atoms with Gasteiger partial charge in [-0.25, -0.2) is 4.98 Å². The second kappa shape index (κ2) is 8.57. The number of para-hydroxylation sites is 1. The summed E-state index contributed by atoms with van der Waals surface area (Å²) in [5.74, 6) is 0.816. The summed E-state index contributed by atoms with van der Waals surface area (Å²) in [7, 11) is 0. The Bertz CT molecular complexity index is 1050. The molecule has 1 aliphatic rings. The molecule has 0 bridgehead atoms. The summed E-state index contributed by atoms with van der Waals surface area (Å²) in [6.07, 6.45) is 1.66. The number of nitrogens with zero attached hydrogens (tertiary/aromatic N) is 3. The highest BCUT2D eigenvalue weighted by molar-refractivity contribution is 5.94. The number of fused-ring (bicyclic) bond motifs is 1. The molecule has 0 saturated carbocycles. The molecule has 3 aromatic rings. The number of aryl methyl sites for hydroxylation is 1. The predicted octanol–water partition coefficient (Wildman–Crippen LogP) is 2.49. The molecule has 1 aromatic heterocycles. The number of hydrogen-bond donors (Lipinski definition) is 1. The van der Waals surface area contributed by atoms with Crippen LogP contribution in [0, 0.1) is 0 Å². The minimum Gasteiger partial charge on any atom is -0.336 e. The smallest absolute Gasteiger partial charge is 0.258 e. The number of benzene rings is 2. The summed E-state index contributed by atoms with van der Waals surface area (Å²) in [4.78, 5) is 36.6. The third-order valence-corrected chi connectivity index (χ3v) is 5.60.